The van der Waals surface area contributed by atoms with Gasteiger partial charge in [0, 0.05) is 31.3 Å². The highest BCUT2D eigenvalue weighted by molar-refractivity contribution is 5.94. The first-order valence-corrected chi connectivity index (χ1v) is 9.88. The monoisotopic (exact) mass is 379 g/mol. The van der Waals surface area contributed by atoms with Gasteiger partial charge in [-0.1, -0.05) is 37.3 Å². The Balaban J connectivity index is 1.80. The number of nitrogens with one attached hydrogen (secondary N) is 1. The van der Waals surface area contributed by atoms with Crippen molar-refractivity contribution < 1.29 is 9.90 Å². The van der Waals surface area contributed by atoms with E-state index in [4.69, 9.17) is 11.1 Å². The van der Waals surface area contributed by atoms with Crippen molar-refractivity contribution in [3.8, 4) is 0 Å². The van der Waals surface area contributed by atoms with E-state index in [-0.39, 0.29) is 18.2 Å². The summed E-state index contributed by atoms with van der Waals surface area (Å²) < 4.78 is 0. The van der Waals surface area contributed by atoms with E-state index in [9.17, 15) is 9.90 Å². The van der Waals surface area contributed by atoms with Gasteiger partial charge in [-0.2, -0.15) is 0 Å². The van der Waals surface area contributed by atoms with Crippen LogP contribution in [0.3, 0.4) is 0 Å². The lowest BCUT2D eigenvalue weighted by Gasteiger charge is -2.33. The first-order chi connectivity index (χ1) is 13.4. The molecule has 28 heavy (non-hydrogen) atoms. The van der Waals surface area contributed by atoms with Gasteiger partial charge in [-0.05, 0) is 59.9 Å². The van der Waals surface area contributed by atoms with E-state index < -0.39 is 5.97 Å². The summed E-state index contributed by atoms with van der Waals surface area (Å²) in [6.07, 6.45) is 3.13. The number of carbonyl (C=O) groups is 1. The molecule has 0 spiro atoms. The predicted molar refractivity (Wildman–Crippen MR) is 113 cm³/mol. The number of aryl methyl sites for hydroxylation is 1. The molecule has 0 saturated heterocycles. The fourth-order valence-electron chi connectivity index (χ4n) is 4.37. The van der Waals surface area contributed by atoms with Gasteiger partial charge in [0.2, 0.25) is 0 Å². The highest BCUT2D eigenvalue weighted by atomic mass is 16.4. The van der Waals surface area contributed by atoms with Crippen LogP contribution >= 0.6 is 0 Å². The number of amidine groups is 1. The van der Waals surface area contributed by atoms with Crippen LogP contribution in [0.2, 0.25) is 0 Å². The molecule has 3 rings (SSSR count). The van der Waals surface area contributed by atoms with Crippen molar-refractivity contribution in [2.24, 2.45) is 11.7 Å². The number of benzene rings is 2. The summed E-state index contributed by atoms with van der Waals surface area (Å²) in [5, 5.41) is 16.8. The predicted octanol–water partition coefficient (Wildman–Crippen LogP) is 4.14. The number of rotatable bonds is 7. The average Bonchev–Trinajstić information content (AvgIpc) is 2.67. The maximum absolute atomic E-state index is 11.3. The molecule has 1 aliphatic carbocycles. The van der Waals surface area contributed by atoms with Crippen LogP contribution in [0.4, 0.5) is 5.69 Å². The van der Waals surface area contributed by atoms with Crippen LogP contribution in [0.5, 0.6) is 0 Å². The fraction of sp³-hybridized carbons (Fsp3) is 0.391. The molecule has 2 atom stereocenters. The Morgan fingerprint density at radius 1 is 1.25 bits per heavy atom. The van der Waals surface area contributed by atoms with Gasteiger partial charge < -0.3 is 15.7 Å². The van der Waals surface area contributed by atoms with Gasteiger partial charge in [-0.3, -0.25) is 10.2 Å². The van der Waals surface area contributed by atoms with Crippen LogP contribution in [-0.4, -0.2) is 24.0 Å². The van der Waals surface area contributed by atoms with E-state index in [0.29, 0.717) is 5.92 Å². The average molecular weight is 380 g/mol. The van der Waals surface area contributed by atoms with Crippen molar-refractivity contribution >= 4 is 17.5 Å². The number of hydrogen-bond donors (Lipinski definition) is 3. The number of nitrogens with zero attached hydrogens (tertiary/aromatic N) is 1. The van der Waals surface area contributed by atoms with E-state index in [2.05, 4.69) is 37.1 Å². The summed E-state index contributed by atoms with van der Waals surface area (Å²) in [5.74, 6) is -0.0944. The molecule has 5 nitrogen and oxygen atoms in total. The van der Waals surface area contributed by atoms with Gasteiger partial charge in [-0.15, -0.1) is 0 Å². The number of carboxylic acid groups (broad SMARTS) is 1. The molecule has 2 unspecified atom stereocenters. The molecule has 1 aliphatic rings. The Kier molecular flexibility index (Phi) is 6.02. The lowest BCUT2D eigenvalue weighted by molar-refractivity contribution is -0.138. The smallest absolute Gasteiger partial charge is 0.303 e. The first-order valence-electron chi connectivity index (χ1n) is 9.88. The second-order valence-corrected chi connectivity index (χ2v) is 7.76. The quantitative estimate of drug-likeness (QED) is 0.498. The molecule has 0 saturated carbocycles. The number of anilines is 1. The van der Waals surface area contributed by atoms with Crippen molar-refractivity contribution in [2.75, 3.05) is 11.9 Å². The SMILES string of the molecule is CCC1c2cc(N(C)Cc3ccc(C(=N)N)cc3)ccc2CCC1CC(=O)O. The molecule has 0 aromatic heterocycles. The molecule has 148 valence electrons. The summed E-state index contributed by atoms with van der Waals surface area (Å²) in [6.45, 7) is 2.91. The van der Waals surface area contributed by atoms with Gasteiger partial charge in [0.25, 0.3) is 0 Å². The van der Waals surface area contributed by atoms with Gasteiger partial charge in [0.1, 0.15) is 5.84 Å². The largest absolute Gasteiger partial charge is 0.481 e. The molecular weight excluding hydrogens is 350 g/mol. The second-order valence-electron chi connectivity index (χ2n) is 7.76. The Morgan fingerprint density at radius 2 is 1.96 bits per heavy atom. The molecule has 0 fully saturated rings. The normalized spacial score (nSPS) is 18.4. The van der Waals surface area contributed by atoms with Crippen LogP contribution < -0.4 is 10.6 Å². The fourth-order valence-corrected chi connectivity index (χ4v) is 4.37. The minimum atomic E-state index is -0.700. The van der Waals surface area contributed by atoms with E-state index in [1.807, 2.05) is 24.3 Å². The van der Waals surface area contributed by atoms with Crippen LogP contribution in [0.15, 0.2) is 42.5 Å². The van der Waals surface area contributed by atoms with Gasteiger partial charge in [0.05, 0.1) is 0 Å². The van der Waals surface area contributed by atoms with Crippen LogP contribution in [0, 0.1) is 11.3 Å². The molecule has 2 aromatic rings. The van der Waals surface area contributed by atoms with E-state index >= 15 is 0 Å². The molecule has 0 radical (unpaired) electrons. The standard InChI is InChI=1S/C23H29N3O2/c1-3-20-18(12-22(27)28)9-8-16-10-11-19(13-21(16)20)26(2)14-15-4-6-17(7-5-15)23(24)25/h4-7,10-11,13,18,20H,3,8-9,12,14H2,1-2H3,(H3,24,25)(H,27,28). The molecule has 2 aromatic carbocycles. The summed E-state index contributed by atoms with van der Waals surface area (Å²) in [7, 11) is 2.07. The Bertz CT molecular complexity index is 861. The topological polar surface area (TPSA) is 90.4 Å². The Labute approximate surface area is 166 Å². The van der Waals surface area contributed by atoms with Crippen molar-refractivity contribution in [3.63, 3.8) is 0 Å². The lowest BCUT2D eigenvalue weighted by atomic mass is 9.72. The van der Waals surface area contributed by atoms with Crippen molar-refractivity contribution in [1.29, 1.82) is 5.41 Å². The number of nitrogens with two attached hydrogens (primary N) is 1. The number of hydrogen-bond acceptors (Lipinski definition) is 3. The summed E-state index contributed by atoms with van der Waals surface area (Å²) in [4.78, 5) is 13.5. The molecular formula is C23H29N3O2. The van der Waals surface area contributed by atoms with E-state index in [0.717, 1.165) is 42.6 Å². The minimum Gasteiger partial charge on any atom is -0.481 e. The Hall–Kier alpha value is -2.82. The lowest BCUT2D eigenvalue weighted by Crippen LogP contribution is -2.24. The second kappa shape index (κ2) is 8.46. The molecule has 5 heteroatoms. The van der Waals surface area contributed by atoms with Crippen LogP contribution in [0.1, 0.15) is 54.4 Å². The number of carboxylic acids is 1. The molecule has 0 bridgehead atoms. The molecule has 0 amide bonds. The number of nitrogen functional groups attached to an aromatic ring is 1. The van der Waals surface area contributed by atoms with Crippen LogP contribution in [-0.2, 0) is 17.8 Å². The molecule has 4 N–H and O–H groups in total. The zero-order valence-corrected chi connectivity index (χ0v) is 16.6. The maximum Gasteiger partial charge on any atom is 0.303 e. The Morgan fingerprint density at radius 3 is 2.57 bits per heavy atom. The van der Waals surface area contributed by atoms with Crippen molar-refractivity contribution in [2.45, 2.75) is 45.1 Å². The third kappa shape index (κ3) is 4.35. The van der Waals surface area contributed by atoms with E-state index in [1.54, 1.807) is 0 Å². The van der Waals surface area contributed by atoms with E-state index in [1.165, 1.54) is 11.1 Å². The zero-order valence-electron chi connectivity index (χ0n) is 16.6. The highest BCUT2D eigenvalue weighted by Crippen LogP contribution is 2.41. The van der Waals surface area contributed by atoms with Gasteiger partial charge in [0.15, 0.2) is 0 Å². The summed E-state index contributed by atoms with van der Waals surface area (Å²) in [6, 6.07) is 14.4. The molecule has 0 aliphatic heterocycles. The minimum absolute atomic E-state index is 0.0797. The number of aliphatic carboxylic acids is 1. The molecule has 0 heterocycles. The third-order valence-electron chi connectivity index (χ3n) is 5.88. The van der Waals surface area contributed by atoms with Crippen molar-refractivity contribution in [1.82, 2.24) is 0 Å². The van der Waals surface area contributed by atoms with Gasteiger partial charge in [-0.25, -0.2) is 0 Å². The van der Waals surface area contributed by atoms with Gasteiger partial charge >= 0.3 is 5.97 Å². The van der Waals surface area contributed by atoms with Crippen LogP contribution in [0.25, 0.3) is 0 Å². The number of fused-ring (bicyclic) bond motifs is 1. The summed E-state index contributed by atoms with van der Waals surface area (Å²) in [5.41, 5.74) is 11.2. The summed E-state index contributed by atoms with van der Waals surface area (Å²) >= 11 is 0. The maximum atomic E-state index is 11.3. The zero-order chi connectivity index (χ0) is 20.3. The first kappa shape index (κ1) is 19.9. The van der Waals surface area contributed by atoms with Crippen molar-refractivity contribution in [3.05, 3.63) is 64.7 Å². The third-order valence-corrected chi connectivity index (χ3v) is 5.88. The highest BCUT2D eigenvalue weighted by Gasteiger charge is 2.30.